The molecule has 0 aromatic carbocycles. The summed E-state index contributed by atoms with van der Waals surface area (Å²) in [6.45, 7) is 0. The predicted molar refractivity (Wildman–Crippen MR) is 42.9 cm³/mol. The van der Waals surface area contributed by atoms with Crippen LogP contribution in [0.3, 0.4) is 0 Å². The highest BCUT2D eigenvalue weighted by molar-refractivity contribution is 5.73. The number of aromatic nitrogens is 2. The smallest absolute Gasteiger partial charge is 0.320 e. The topological polar surface area (TPSA) is 127 Å². The normalized spacial score (nSPS) is 11.8. The maximum Gasteiger partial charge on any atom is 0.320 e. The minimum atomic E-state index is -1.00. The predicted octanol–water partition coefficient (Wildman–Crippen LogP) is -0.474. The van der Waals surface area contributed by atoms with E-state index in [2.05, 4.69) is 9.97 Å². The average Bonchev–Trinajstić information content (AvgIpc) is 2.39. The number of carbonyl (C=O) groups is 1. The van der Waals surface area contributed by atoms with Crippen LogP contribution < -0.4 is 11.9 Å². The van der Waals surface area contributed by atoms with Crippen molar-refractivity contribution in [3.63, 3.8) is 0 Å². The van der Waals surface area contributed by atoms with Gasteiger partial charge in [-0.05, 0) is 0 Å². The number of carboxylic acids is 1. The van der Waals surface area contributed by atoms with Crippen molar-refractivity contribution in [1.82, 2.24) is 16.1 Å². The molecule has 12 heavy (non-hydrogen) atoms. The van der Waals surface area contributed by atoms with Gasteiger partial charge >= 0.3 is 5.97 Å². The van der Waals surface area contributed by atoms with E-state index in [4.69, 9.17) is 10.8 Å². The van der Waals surface area contributed by atoms with E-state index in [9.17, 15) is 4.79 Å². The molecule has 0 aliphatic carbocycles. The molecule has 0 unspecified atom stereocenters. The molecule has 6 nitrogen and oxygen atoms in total. The van der Waals surface area contributed by atoms with Crippen LogP contribution in [0.2, 0.25) is 0 Å². The SMILES string of the molecule is N.N[C@@H](Cc1cnc[nH]1)C(=O)O. The zero-order valence-electron chi connectivity index (χ0n) is 6.53. The summed E-state index contributed by atoms with van der Waals surface area (Å²) in [5.74, 6) is -1.00. The molecule has 0 bridgehead atoms. The van der Waals surface area contributed by atoms with Crippen LogP contribution in [-0.2, 0) is 11.2 Å². The molecule has 1 heterocycles. The Morgan fingerprint density at radius 1 is 1.83 bits per heavy atom. The first-order chi connectivity index (χ1) is 5.20. The monoisotopic (exact) mass is 172 g/mol. The molecule has 7 N–H and O–H groups in total. The Hall–Kier alpha value is -1.40. The number of nitrogens with zero attached hydrogens (tertiary/aromatic N) is 1. The molecule has 0 spiro atoms. The third-order valence-corrected chi connectivity index (χ3v) is 1.31. The van der Waals surface area contributed by atoms with Crippen LogP contribution in [0, 0.1) is 0 Å². The van der Waals surface area contributed by atoms with Crippen LogP contribution in [0.25, 0.3) is 0 Å². The van der Waals surface area contributed by atoms with Gasteiger partial charge in [-0.15, -0.1) is 0 Å². The molecule has 6 heteroatoms. The summed E-state index contributed by atoms with van der Waals surface area (Å²) in [7, 11) is 0. The Labute approximate surface area is 69.4 Å². The van der Waals surface area contributed by atoms with Crippen molar-refractivity contribution >= 4 is 5.97 Å². The van der Waals surface area contributed by atoms with E-state index in [1.165, 1.54) is 6.33 Å². The molecule has 1 aromatic heterocycles. The van der Waals surface area contributed by atoms with Crippen molar-refractivity contribution in [3.8, 4) is 0 Å². The van der Waals surface area contributed by atoms with Gasteiger partial charge in [0.1, 0.15) is 6.04 Å². The largest absolute Gasteiger partial charge is 0.480 e. The first kappa shape index (κ1) is 10.6. The van der Waals surface area contributed by atoms with Crippen LogP contribution in [0.4, 0.5) is 0 Å². The minimum absolute atomic E-state index is 0. The summed E-state index contributed by atoms with van der Waals surface area (Å²) in [6.07, 6.45) is 3.34. The summed E-state index contributed by atoms with van der Waals surface area (Å²) in [5.41, 5.74) is 6.00. The summed E-state index contributed by atoms with van der Waals surface area (Å²) in [6, 6.07) is -0.851. The van der Waals surface area contributed by atoms with Gasteiger partial charge in [0.2, 0.25) is 0 Å². The van der Waals surface area contributed by atoms with Crippen molar-refractivity contribution in [1.29, 1.82) is 0 Å². The highest BCUT2D eigenvalue weighted by Gasteiger charge is 2.11. The maximum absolute atomic E-state index is 10.3. The van der Waals surface area contributed by atoms with Gasteiger partial charge in [-0.2, -0.15) is 0 Å². The molecular weight excluding hydrogens is 160 g/mol. The van der Waals surface area contributed by atoms with Gasteiger partial charge in [0.05, 0.1) is 6.33 Å². The zero-order chi connectivity index (χ0) is 8.27. The number of aliphatic carboxylic acids is 1. The number of hydrogen-bond donors (Lipinski definition) is 4. The first-order valence-electron chi connectivity index (χ1n) is 3.16. The fraction of sp³-hybridized carbons (Fsp3) is 0.333. The van der Waals surface area contributed by atoms with Crippen LogP contribution in [0.15, 0.2) is 12.5 Å². The van der Waals surface area contributed by atoms with Crippen molar-refractivity contribution in [2.24, 2.45) is 5.73 Å². The van der Waals surface area contributed by atoms with E-state index in [0.29, 0.717) is 0 Å². The molecule has 0 radical (unpaired) electrons. The lowest BCUT2D eigenvalue weighted by Crippen LogP contribution is -2.32. The molecule has 1 atom stereocenters. The summed E-state index contributed by atoms with van der Waals surface area (Å²) in [5, 5.41) is 8.42. The second kappa shape index (κ2) is 4.47. The number of hydrogen-bond acceptors (Lipinski definition) is 4. The van der Waals surface area contributed by atoms with Crippen molar-refractivity contribution < 1.29 is 9.90 Å². The number of nitrogens with one attached hydrogen (secondary N) is 1. The third kappa shape index (κ3) is 2.69. The van der Waals surface area contributed by atoms with Gasteiger partial charge in [-0.25, -0.2) is 4.98 Å². The second-order valence-electron chi connectivity index (χ2n) is 2.23. The van der Waals surface area contributed by atoms with E-state index >= 15 is 0 Å². The van der Waals surface area contributed by atoms with E-state index in [1.54, 1.807) is 6.20 Å². The van der Waals surface area contributed by atoms with Gasteiger partial charge in [0, 0.05) is 18.3 Å². The Kier molecular flexibility index (Phi) is 3.95. The molecule has 0 aliphatic heterocycles. The van der Waals surface area contributed by atoms with Crippen molar-refractivity contribution in [2.45, 2.75) is 12.5 Å². The molecule has 1 rings (SSSR count). The van der Waals surface area contributed by atoms with E-state index < -0.39 is 12.0 Å². The van der Waals surface area contributed by atoms with Crippen molar-refractivity contribution in [3.05, 3.63) is 18.2 Å². The molecule has 0 saturated heterocycles. The average molecular weight is 172 g/mol. The molecule has 0 amide bonds. The van der Waals surface area contributed by atoms with Gasteiger partial charge in [-0.1, -0.05) is 0 Å². The Bertz CT molecular complexity index is 234. The molecule has 1 aromatic rings. The van der Waals surface area contributed by atoms with Gasteiger partial charge in [-0.3, -0.25) is 4.79 Å². The Morgan fingerprint density at radius 2 is 2.50 bits per heavy atom. The maximum atomic E-state index is 10.3. The van der Waals surface area contributed by atoms with Gasteiger partial charge in [0.25, 0.3) is 0 Å². The van der Waals surface area contributed by atoms with Crippen LogP contribution in [-0.4, -0.2) is 27.1 Å². The summed E-state index contributed by atoms with van der Waals surface area (Å²) in [4.78, 5) is 16.8. The number of aromatic amines is 1. The Morgan fingerprint density at radius 3 is 2.92 bits per heavy atom. The standard InChI is InChI=1S/C6H9N3O2.H3N/c7-5(6(10)11)1-4-2-8-3-9-4;/h2-3,5H,1,7H2,(H,8,9)(H,10,11);1H3/t5-;/m0./s1. The number of rotatable bonds is 3. The Balaban J connectivity index is 0.00000121. The lowest BCUT2D eigenvalue weighted by atomic mass is 10.2. The summed E-state index contributed by atoms with van der Waals surface area (Å²) >= 11 is 0. The molecule has 68 valence electrons. The van der Waals surface area contributed by atoms with Gasteiger partial charge < -0.3 is 22.0 Å². The number of nitrogens with two attached hydrogens (primary N) is 1. The highest BCUT2D eigenvalue weighted by Crippen LogP contribution is 1.95. The molecule has 0 aliphatic rings. The molecule has 0 saturated carbocycles. The quantitative estimate of drug-likeness (QED) is 0.490. The summed E-state index contributed by atoms with van der Waals surface area (Å²) < 4.78 is 0. The second-order valence-corrected chi connectivity index (χ2v) is 2.23. The zero-order valence-corrected chi connectivity index (χ0v) is 6.53. The van der Waals surface area contributed by atoms with Crippen LogP contribution in [0.1, 0.15) is 5.69 Å². The fourth-order valence-electron chi connectivity index (χ4n) is 0.721. The van der Waals surface area contributed by atoms with E-state index in [1.807, 2.05) is 0 Å². The molecule has 0 fully saturated rings. The number of H-pyrrole nitrogens is 1. The highest BCUT2D eigenvalue weighted by atomic mass is 16.4. The van der Waals surface area contributed by atoms with Gasteiger partial charge in [0.15, 0.2) is 0 Å². The number of carboxylic acid groups (broad SMARTS) is 1. The van der Waals surface area contributed by atoms with E-state index in [0.717, 1.165) is 5.69 Å². The van der Waals surface area contributed by atoms with Crippen LogP contribution >= 0.6 is 0 Å². The van der Waals surface area contributed by atoms with E-state index in [-0.39, 0.29) is 12.6 Å². The molecular formula is C6H12N4O2. The third-order valence-electron chi connectivity index (χ3n) is 1.31. The first-order valence-corrected chi connectivity index (χ1v) is 3.16. The minimum Gasteiger partial charge on any atom is -0.480 e. The van der Waals surface area contributed by atoms with Crippen LogP contribution in [0.5, 0.6) is 0 Å². The lowest BCUT2D eigenvalue weighted by molar-refractivity contribution is -0.138. The lowest BCUT2D eigenvalue weighted by Gasteiger charge is -2.02. The number of imidazole rings is 1. The van der Waals surface area contributed by atoms with Crippen molar-refractivity contribution in [2.75, 3.05) is 0 Å². The fourth-order valence-corrected chi connectivity index (χ4v) is 0.721.